The second kappa shape index (κ2) is 11.5. The van der Waals surface area contributed by atoms with Crippen molar-refractivity contribution in [3.8, 4) is 5.19 Å². The second-order valence-electron chi connectivity index (χ2n) is 9.68. The Morgan fingerprint density at radius 3 is 2.89 bits per heavy atom. The van der Waals surface area contributed by atoms with Crippen LogP contribution in [0.25, 0.3) is 11.1 Å². The summed E-state index contributed by atoms with van der Waals surface area (Å²) in [7, 11) is 0. The number of fused-ring (bicyclic) bond motifs is 2. The number of rotatable bonds is 7. The zero-order chi connectivity index (χ0) is 26.7. The van der Waals surface area contributed by atoms with Gasteiger partial charge in [0.1, 0.15) is 5.52 Å². The van der Waals surface area contributed by atoms with Crippen molar-refractivity contribution in [2.75, 3.05) is 32.8 Å². The van der Waals surface area contributed by atoms with Crippen molar-refractivity contribution in [3.63, 3.8) is 0 Å². The van der Waals surface area contributed by atoms with Crippen LogP contribution in [0.5, 0.6) is 5.19 Å². The van der Waals surface area contributed by atoms with Gasteiger partial charge in [-0.25, -0.2) is 15.0 Å². The highest BCUT2D eigenvalue weighted by atomic mass is 32.1. The molecule has 1 aromatic carbocycles. The predicted octanol–water partition coefficient (Wildman–Crippen LogP) is 5.03. The number of carbonyl (C=O) groups is 1. The van der Waals surface area contributed by atoms with Crippen LogP contribution in [-0.2, 0) is 17.6 Å². The molecule has 0 radical (unpaired) electrons. The summed E-state index contributed by atoms with van der Waals surface area (Å²) in [6.45, 7) is 3.51. The van der Waals surface area contributed by atoms with Crippen LogP contribution in [0.3, 0.4) is 0 Å². The number of hydrogen-bond acceptors (Lipinski definition) is 8. The molecule has 1 unspecified atom stereocenters. The lowest BCUT2D eigenvalue weighted by Gasteiger charge is -2.29. The van der Waals surface area contributed by atoms with E-state index >= 15 is 0 Å². The highest BCUT2D eigenvalue weighted by molar-refractivity contribution is 7.13. The van der Waals surface area contributed by atoms with Crippen LogP contribution in [-0.4, -0.2) is 72.1 Å². The van der Waals surface area contributed by atoms with Gasteiger partial charge in [0.25, 0.3) is 11.1 Å². The quantitative estimate of drug-likeness (QED) is 0.381. The number of nitrogens with zero attached hydrogens (tertiary/aromatic N) is 4. The van der Waals surface area contributed by atoms with Gasteiger partial charge >= 0.3 is 6.18 Å². The second-order valence-corrected chi connectivity index (χ2v) is 10.7. The van der Waals surface area contributed by atoms with E-state index in [9.17, 15) is 18.0 Å². The normalized spacial score (nSPS) is 21.1. The molecule has 0 saturated carbocycles. The van der Waals surface area contributed by atoms with Gasteiger partial charge in [-0.3, -0.25) is 4.79 Å². The SMILES string of the molecule is Cc1nc2ccc(C(=O)N=CC3CC[C@H](CCN4CCc5nc(OCC(F)(F)F)sc5CC4)OC3)cc2o1. The van der Waals surface area contributed by atoms with Crippen molar-refractivity contribution in [1.29, 1.82) is 0 Å². The lowest BCUT2D eigenvalue weighted by molar-refractivity contribution is -0.153. The summed E-state index contributed by atoms with van der Waals surface area (Å²) >= 11 is 1.22. The third kappa shape index (κ3) is 6.97. The molecular weight excluding hydrogens is 521 g/mol. The van der Waals surface area contributed by atoms with E-state index < -0.39 is 12.8 Å². The van der Waals surface area contributed by atoms with Gasteiger partial charge < -0.3 is 18.8 Å². The fourth-order valence-corrected chi connectivity index (χ4v) is 5.68. The average Bonchev–Trinajstić information content (AvgIpc) is 3.41. The Balaban J connectivity index is 1.03. The first-order valence-corrected chi connectivity index (χ1v) is 13.5. The van der Waals surface area contributed by atoms with Crippen LogP contribution >= 0.6 is 11.3 Å². The van der Waals surface area contributed by atoms with E-state index in [0.717, 1.165) is 55.9 Å². The van der Waals surface area contributed by atoms with Crippen LogP contribution in [0.15, 0.2) is 27.6 Å². The molecule has 3 aromatic rings. The van der Waals surface area contributed by atoms with Crippen LogP contribution in [0.2, 0.25) is 0 Å². The molecule has 38 heavy (non-hydrogen) atoms. The molecule has 4 heterocycles. The topological polar surface area (TPSA) is 90.1 Å². The Kier molecular flexibility index (Phi) is 8.10. The van der Waals surface area contributed by atoms with E-state index in [-0.39, 0.29) is 23.1 Å². The van der Waals surface area contributed by atoms with Gasteiger partial charge in [-0.15, -0.1) is 0 Å². The maximum atomic E-state index is 12.5. The summed E-state index contributed by atoms with van der Waals surface area (Å²) in [4.78, 5) is 28.5. The Labute approximate surface area is 221 Å². The predicted molar refractivity (Wildman–Crippen MR) is 136 cm³/mol. The fourth-order valence-electron chi connectivity index (χ4n) is 4.73. The molecule has 2 aromatic heterocycles. The standard InChI is InChI=1S/C26H29F3N4O4S/c1-16-31-20-5-3-18(12-22(20)37-16)24(34)30-13-17-2-4-19(35-14-17)6-9-33-10-7-21-23(8-11-33)38-25(32-21)36-15-26(27,28)29/h3,5,12-13,17,19H,2,4,6-11,14-15H2,1H3/t17?,19-/m1/s1. The first-order chi connectivity index (χ1) is 18.2. The molecular formula is C26H29F3N4O4S. The minimum Gasteiger partial charge on any atom is -0.460 e. The molecule has 1 amide bonds. The molecule has 1 saturated heterocycles. The van der Waals surface area contributed by atoms with Gasteiger partial charge in [-0.1, -0.05) is 11.3 Å². The van der Waals surface area contributed by atoms with E-state index in [0.29, 0.717) is 35.6 Å². The number of thiazole rings is 1. The third-order valence-electron chi connectivity index (χ3n) is 6.76. The highest BCUT2D eigenvalue weighted by Crippen LogP contribution is 2.30. The number of halogens is 3. The number of aryl methyl sites for hydroxylation is 1. The molecule has 2 aliphatic rings. The van der Waals surface area contributed by atoms with Crippen molar-refractivity contribution < 1.29 is 31.9 Å². The molecule has 0 bridgehead atoms. The number of alkyl halides is 3. The van der Waals surface area contributed by atoms with Gasteiger partial charge in [-0.2, -0.15) is 13.2 Å². The monoisotopic (exact) mass is 550 g/mol. The van der Waals surface area contributed by atoms with E-state index in [4.69, 9.17) is 13.9 Å². The van der Waals surface area contributed by atoms with Gasteiger partial charge in [0.15, 0.2) is 18.1 Å². The number of carbonyl (C=O) groups excluding carboxylic acids is 1. The number of amides is 1. The maximum Gasteiger partial charge on any atom is 0.422 e. The molecule has 204 valence electrons. The van der Waals surface area contributed by atoms with Crippen molar-refractivity contribution in [2.45, 2.75) is 51.3 Å². The largest absolute Gasteiger partial charge is 0.460 e. The molecule has 0 spiro atoms. The lowest BCUT2D eigenvalue weighted by Crippen LogP contribution is -2.33. The van der Waals surface area contributed by atoms with Crippen molar-refractivity contribution in [1.82, 2.24) is 14.9 Å². The van der Waals surface area contributed by atoms with Gasteiger partial charge in [-0.05, 0) is 43.9 Å². The van der Waals surface area contributed by atoms with E-state index in [1.807, 2.05) is 0 Å². The number of hydrogen-bond donors (Lipinski definition) is 0. The third-order valence-corrected chi connectivity index (χ3v) is 7.83. The van der Waals surface area contributed by atoms with E-state index in [1.54, 1.807) is 31.3 Å². The first-order valence-electron chi connectivity index (χ1n) is 12.7. The Bertz CT molecular complexity index is 1270. The molecule has 8 nitrogen and oxygen atoms in total. The van der Waals surface area contributed by atoms with E-state index in [2.05, 4.69) is 19.9 Å². The minimum atomic E-state index is -4.36. The Hall–Kier alpha value is -2.83. The zero-order valence-corrected chi connectivity index (χ0v) is 21.8. The average molecular weight is 551 g/mol. The molecule has 5 rings (SSSR count). The fraction of sp³-hybridized carbons (Fsp3) is 0.538. The van der Waals surface area contributed by atoms with Crippen LogP contribution in [0, 0.1) is 12.8 Å². The van der Waals surface area contributed by atoms with Gasteiger partial charge in [0, 0.05) is 55.6 Å². The molecule has 2 aliphatic heterocycles. The smallest absolute Gasteiger partial charge is 0.422 e. The first kappa shape index (κ1) is 26.8. The summed E-state index contributed by atoms with van der Waals surface area (Å²) in [5.74, 6) is 0.338. The maximum absolute atomic E-state index is 12.5. The van der Waals surface area contributed by atoms with Crippen LogP contribution in [0.1, 0.15) is 46.1 Å². The summed E-state index contributed by atoms with van der Waals surface area (Å²) in [5.41, 5.74) is 2.59. The summed E-state index contributed by atoms with van der Waals surface area (Å²) in [6, 6.07) is 5.13. The summed E-state index contributed by atoms with van der Waals surface area (Å²) < 4.78 is 53.5. The molecule has 2 atom stereocenters. The van der Waals surface area contributed by atoms with Crippen molar-refractivity contribution in [3.05, 3.63) is 40.2 Å². The highest BCUT2D eigenvalue weighted by Gasteiger charge is 2.30. The zero-order valence-electron chi connectivity index (χ0n) is 21.0. The number of aromatic nitrogens is 2. The Morgan fingerprint density at radius 1 is 1.26 bits per heavy atom. The van der Waals surface area contributed by atoms with Crippen LogP contribution < -0.4 is 4.74 Å². The number of oxazole rings is 1. The Morgan fingerprint density at radius 2 is 2.11 bits per heavy atom. The van der Waals surface area contributed by atoms with E-state index in [1.165, 1.54) is 11.3 Å². The molecule has 0 N–H and O–H groups in total. The number of benzene rings is 1. The van der Waals surface area contributed by atoms with Gasteiger partial charge in [0.05, 0.1) is 18.4 Å². The number of aliphatic imine (C=N–C) groups is 1. The van der Waals surface area contributed by atoms with Crippen LogP contribution in [0.4, 0.5) is 13.2 Å². The molecule has 12 heteroatoms. The molecule has 1 fully saturated rings. The summed E-state index contributed by atoms with van der Waals surface area (Å²) in [5, 5.41) is 0.0992. The lowest BCUT2D eigenvalue weighted by atomic mass is 9.98. The van der Waals surface area contributed by atoms with Crippen molar-refractivity contribution in [2.24, 2.45) is 10.9 Å². The minimum absolute atomic E-state index is 0.0977. The van der Waals surface area contributed by atoms with Gasteiger partial charge in [0.2, 0.25) is 0 Å². The van der Waals surface area contributed by atoms with Crippen molar-refractivity contribution >= 4 is 34.6 Å². The molecule has 0 aliphatic carbocycles. The summed E-state index contributed by atoms with van der Waals surface area (Å²) in [6.07, 6.45) is 1.65. The number of ether oxygens (including phenoxy) is 2.